The summed E-state index contributed by atoms with van der Waals surface area (Å²) in [4.78, 5) is 6.76. The normalized spacial score (nSPS) is 16.2. The molecule has 1 aliphatic heterocycles. The molecule has 1 N–H and O–H groups in total. The maximum absolute atomic E-state index is 7.80. The van der Waals surface area contributed by atoms with Crippen molar-refractivity contribution in [2.45, 2.75) is 26.2 Å². The third-order valence-corrected chi connectivity index (χ3v) is 3.33. The minimum Gasteiger partial charge on any atom is -0.356 e. The highest BCUT2D eigenvalue weighted by Gasteiger charge is 2.16. The van der Waals surface area contributed by atoms with Crippen molar-refractivity contribution in [2.75, 3.05) is 18.0 Å². The quantitative estimate of drug-likeness (QED) is 0.846. The zero-order valence-corrected chi connectivity index (χ0v) is 11.0. The van der Waals surface area contributed by atoms with Crippen LogP contribution >= 0.6 is 15.9 Å². The zero-order chi connectivity index (χ0) is 11.5. The molecule has 0 spiro atoms. The van der Waals surface area contributed by atoms with Crippen LogP contribution in [0.3, 0.4) is 0 Å². The second kappa shape index (κ2) is 4.95. The van der Waals surface area contributed by atoms with E-state index in [0.717, 1.165) is 28.9 Å². The maximum atomic E-state index is 7.80. The van der Waals surface area contributed by atoms with Gasteiger partial charge >= 0.3 is 0 Å². The predicted octanol–water partition coefficient (Wildman–Crippen LogP) is 3.22. The van der Waals surface area contributed by atoms with E-state index >= 15 is 0 Å². The van der Waals surface area contributed by atoms with E-state index in [1.807, 2.05) is 19.2 Å². The standard InChI is InChI=1S/C12H16BrN3/c1-9(14)11-7-10(13)8-15-12(11)16-5-3-2-4-6-16/h7-8,14H,2-6H2,1H3. The number of hydrogen-bond acceptors (Lipinski definition) is 3. The van der Waals surface area contributed by atoms with Crippen LogP contribution in [0.2, 0.25) is 0 Å². The number of anilines is 1. The van der Waals surface area contributed by atoms with Crippen LogP contribution in [0.25, 0.3) is 0 Å². The molecule has 0 aliphatic carbocycles. The van der Waals surface area contributed by atoms with E-state index in [1.54, 1.807) is 0 Å². The van der Waals surface area contributed by atoms with E-state index in [9.17, 15) is 0 Å². The molecule has 4 heteroatoms. The molecule has 1 saturated heterocycles. The van der Waals surface area contributed by atoms with E-state index in [-0.39, 0.29) is 0 Å². The van der Waals surface area contributed by atoms with Gasteiger partial charge in [0, 0.05) is 35.0 Å². The van der Waals surface area contributed by atoms with E-state index in [1.165, 1.54) is 19.3 Å². The van der Waals surface area contributed by atoms with Gasteiger partial charge in [-0.05, 0) is 48.2 Å². The molecule has 1 aliphatic rings. The Morgan fingerprint density at radius 3 is 2.69 bits per heavy atom. The van der Waals surface area contributed by atoms with Gasteiger partial charge in [0.25, 0.3) is 0 Å². The molecule has 2 rings (SSSR count). The number of pyridine rings is 1. The second-order valence-electron chi connectivity index (χ2n) is 4.20. The second-order valence-corrected chi connectivity index (χ2v) is 5.11. The average molecular weight is 282 g/mol. The predicted molar refractivity (Wildman–Crippen MR) is 70.5 cm³/mol. The molecule has 0 saturated carbocycles. The molecule has 3 nitrogen and oxygen atoms in total. The first kappa shape index (κ1) is 11.6. The fraction of sp³-hybridized carbons (Fsp3) is 0.500. The molecule has 0 bridgehead atoms. The van der Waals surface area contributed by atoms with Crippen molar-refractivity contribution in [1.29, 1.82) is 5.41 Å². The number of nitrogens with zero attached hydrogens (tertiary/aromatic N) is 2. The maximum Gasteiger partial charge on any atom is 0.137 e. The summed E-state index contributed by atoms with van der Waals surface area (Å²) in [6, 6.07) is 1.99. The van der Waals surface area contributed by atoms with Crippen LogP contribution < -0.4 is 4.90 Å². The number of hydrogen-bond donors (Lipinski definition) is 1. The number of piperidine rings is 1. The van der Waals surface area contributed by atoms with E-state index < -0.39 is 0 Å². The molecule has 0 amide bonds. The molecule has 16 heavy (non-hydrogen) atoms. The Bertz CT molecular complexity index is 397. The molecule has 1 aromatic rings. The van der Waals surface area contributed by atoms with Crippen molar-refractivity contribution in [3.8, 4) is 0 Å². The third kappa shape index (κ3) is 2.43. The summed E-state index contributed by atoms with van der Waals surface area (Å²) in [6.07, 6.45) is 5.59. The highest BCUT2D eigenvalue weighted by Crippen LogP contribution is 2.24. The molecule has 86 valence electrons. The summed E-state index contributed by atoms with van der Waals surface area (Å²) >= 11 is 3.41. The van der Waals surface area contributed by atoms with Gasteiger partial charge in [0.15, 0.2) is 0 Å². The Labute approximate surface area is 105 Å². The van der Waals surface area contributed by atoms with Crippen molar-refractivity contribution in [3.05, 3.63) is 22.3 Å². The summed E-state index contributed by atoms with van der Waals surface area (Å²) in [5.41, 5.74) is 1.52. The van der Waals surface area contributed by atoms with Crippen molar-refractivity contribution in [2.24, 2.45) is 0 Å². The molecule has 0 radical (unpaired) electrons. The van der Waals surface area contributed by atoms with E-state index in [4.69, 9.17) is 5.41 Å². The first-order valence-electron chi connectivity index (χ1n) is 5.64. The Balaban J connectivity index is 2.34. The largest absolute Gasteiger partial charge is 0.356 e. The van der Waals surface area contributed by atoms with Gasteiger partial charge in [0.2, 0.25) is 0 Å². The van der Waals surface area contributed by atoms with Crippen molar-refractivity contribution < 1.29 is 0 Å². The van der Waals surface area contributed by atoms with Crippen LogP contribution in [0.5, 0.6) is 0 Å². The molecule has 1 aromatic heterocycles. The topological polar surface area (TPSA) is 40.0 Å². The first-order valence-corrected chi connectivity index (χ1v) is 6.44. The van der Waals surface area contributed by atoms with Gasteiger partial charge < -0.3 is 10.3 Å². The minimum absolute atomic E-state index is 0.578. The van der Waals surface area contributed by atoms with Crippen LogP contribution in [0.15, 0.2) is 16.7 Å². The summed E-state index contributed by atoms with van der Waals surface area (Å²) < 4.78 is 0.940. The van der Waals surface area contributed by atoms with Crippen LogP contribution in [-0.4, -0.2) is 23.8 Å². The summed E-state index contributed by atoms with van der Waals surface area (Å²) in [5.74, 6) is 0.968. The van der Waals surface area contributed by atoms with Crippen molar-refractivity contribution in [3.63, 3.8) is 0 Å². The highest BCUT2D eigenvalue weighted by molar-refractivity contribution is 9.10. The molecule has 0 atom stereocenters. The molecular weight excluding hydrogens is 266 g/mol. The number of nitrogens with one attached hydrogen (secondary N) is 1. The Kier molecular flexibility index (Phi) is 3.59. The summed E-state index contributed by atoms with van der Waals surface area (Å²) in [7, 11) is 0. The Morgan fingerprint density at radius 2 is 2.06 bits per heavy atom. The van der Waals surface area contributed by atoms with Gasteiger partial charge in [0.1, 0.15) is 5.82 Å². The lowest BCUT2D eigenvalue weighted by molar-refractivity contribution is 0.573. The van der Waals surface area contributed by atoms with Gasteiger partial charge in [-0.2, -0.15) is 0 Å². The van der Waals surface area contributed by atoms with Crippen molar-refractivity contribution in [1.82, 2.24) is 4.98 Å². The lowest BCUT2D eigenvalue weighted by atomic mass is 10.1. The SMILES string of the molecule is CC(=N)c1cc(Br)cnc1N1CCCCC1. The summed E-state index contributed by atoms with van der Waals surface area (Å²) in [6.45, 7) is 3.95. The first-order chi connectivity index (χ1) is 7.68. The van der Waals surface area contributed by atoms with Gasteiger partial charge in [-0.25, -0.2) is 4.98 Å². The van der Waals surface area contributed by atoms with Gasteiger partial charge in [-0.15, -0.1) is 0 Å². The highest BCUT2D eigenvalue weighted by atomic mass is 79.9. The van der Waals surface area contributed by atoms with E-state index in [0.29, 0.717) is 5.71 Å². The fourth-order valence-electron chi connectivity index (χ4n) is 2.07. The lowest BCUT2D eigenvalue weighted by Crippen LogP contribution is -2.31. The van der Waals surface area contributed by atoms with Crippen LogP contribution in [0.4, 0.5) is 5.82 Å². The molecule has 1 fully saturated rings. The van der Waals surface area contributed by atoms with Gasteiger partial charge in [0.05, 0.1) is 0 Å². The monoisotopic (exact) mass is 281 g/mol. The van der Waals surface area contributed by atoms with Gasteiger partial charge in [-0.1, -0.05) is 0 Å². The number of rotatable bonds is 2. The third-order valence-electron chi connectivity index (χ3n) is 2.89. The number of aromatic nitrogens is 1. The molecule has 0 unspecified atom stereocenters. The lowest BCUT2D eigenvalue weighted by Gasteiger charge is -2.29. The van der Waals surface area contributed by atoms with Crippen molar-refractivity contribution >= 4 is 27.5 Å². The Morgan fingerprint density at radius 1 is 1.38 bits per heavy atom. The zero-order valence-electron chi connectivity index (χ0n) is 9.46. The van der Waals surface area contributed by atoms with Crippen LogP contribution in [0.1, 0.15) is 31.7 Å². The van der Waals surface area contributed by atoms with E-state index in [2.05, 4.69) is 25.8 Å². The van der Waals surface area contributed by atoms with Crippen LogP contribution in [-0.2, 0) is 0 Å². The average Bonchev–Trinajstić information content (AvgIpc) is 2.30. The molecule has 0 aromatic carbocycles. The van der Waals surface area contributed by atoms with Crippen LogP contribution in [0, 0.1) is 5.41 Å². The fourth-order valence-corrected chi connectivity index (χ4v) is 2.40. The molecule has 2 heterocycles. The smallest absolute Gasteiger partial charge is 0.137 e. The van der Waals surface area contributed by atoms with Gasteiger partial charge in [-0.3, -0.25) is 0 Å². The summed E-state index contributed by atoms with van der Waals surface area (Å²) in [5, 5.41) is 7.80. The Hall–Kier alpha value is -0.900. The number of halogens is 1. The minimum atomic E-state index is 0.578. The molecular formula is C12H16BrN3.